The topological polar surface area (TPSA) is 44.8 Å². The van der Waals surface area contributed by atoms with Gasteiger partial charge in [-0.2, -0.15) is 0 Å². The third-order valence-corrected chi connectivity index (χ3v) is 6.38. The highest BCUT2D eigenvalue weighted by atomic mass is 79.9. The van der Waals surface area contributed by atoms with E-state index in [9.17, 15) is 26.7 Å². The number of rotatable bonds is 6. The molecule has 5 nitrogen and oxygen atoms in total. The highest BCUT2D eigenvalue weighted by molar-refractivity contribution is 9.10. The maximum atomic E-state index is 14.1. The molecule has 1 fully saturated rings. The third-order valence-electron chi connectivity index (χ3n) is 5.89. The molecule has 1 saturated heterocycles. The molecule has 0 spiro atoms. The Morgan fingerprint density at radius 3 is 2.03 bits per heavy atom. The molecule has 0 aromatic heterocycles. The van der Waals surface area contributed by atoms with Gasteiger partial charge in [-0.1, -0.05) is 15.9 Å². The molecule has 1 amide bonds. The number of ether oxygens (including phenoxy) is 1. The van der Waals surface area contributed by atoms with Gasteiger partial charge in [0, 0.05) is 53.7 Å². The van der Waals surface area contributed by atoms with E-state index < -0.39 is 34.8 Å². The number of nitrogens with zero attached hydrogens (tertiary/aromatic N) is 2. The van der Waals surface area contributed by atoms with Crippen LogP contribution in [0.3, 0.4) is 0 Å². The fourth-order valence-corrected chi connectivity index (χ4v) is 4.38. The summed E-state index contributed by atoms with van der Waals surface area (Å²) in [6, 6.07) is 12.4. The van der Waals surface area contributed by atoms with Crippen molar-refractivity contribution in [2.45, 2.75) is 0 Å². The van der Waals surface area contributed by atoms with Gasteiger partial charge in [-0.3, -0.25) is 4.79 Å². The summed E-state index contributed by atoms with van der Waals surface area (Å²) in [5, 5.41) is 2.76. The SMILES string of the molecule is COc1ccc(Br)cc1/C=C/C(=O)Nc1ccc(N2CCN(c3c(F)c(F)c(F)c(F)c3F)CC2)cc1. The number of carbonyl (C=O) groups excluding carboxylic acids is 1. The Morgan fingerprint density at radius 2 is 1.43 bits per heavy atom. The predicted molar refractivity (Wildman–Crippen MR) is 135 cm³/mol. The molecule has 1 aliphatic rings. The largest absolute Gasteiger partial charge is 0.496 e. The summed E-state index contributed by atoms with van der Waals surface area (Å²) in [5.41, 5.74) is 1.15. The van der Waals surface area contributed by atoms with Crippen LogP contribution in [-0.4, -0.2) is 39.2 Å². The molecule has 0 unspecified atom stereocenters. The monoisotopic (exact) mass is 581 g/mol. The molecule has 1 N–H and O–H groups in total. The van der Waals surface area contributed by atoms with Gasteiger partial charge in [0.2, 0.25) is 11.7 Å². The highest BCUT2D eigenvalue weighted by Gasteiger charge is 2.30. The Balaban J connectivity index is 1.37. The van der Waals surface area contributed by atoms with E-state index in [1.165, 1.54) is 6.08 Å². The summed E-state index contributed by atoms with van der Waals surface area (Å²) in [6.07, 6.45) is 3.02. The standard InChI is InChI=1S/C26H21BrF5N3O2/c1-37-19-8-3-16(27)14-15(19)2-9-20(36)33-17-4-6-18(7-5-17)34-10-12-35(13-11-34)26-24(31)22(29)21(28)23(30)25(26)32/h2-9,14H,10-13H2,1H3,(H,33,36)/b9-2+. The number of methoxy groups -OCH3 is 1. The molecule has 1 heterocycles. The van der Waals surface area contributed by atoms with Crippen LogP contribution in [0.1, 0.15) is 5.56 Å². The fourth-order valence-electron chi connectivity index (χ4n) is 4.00. The molecule has 4 rings (SSSR count). The molecule has 0 aliphatic carbocycles. The van der Waals surface area contributed by atoms with Crippen LogP contribution in [0.2, 0.25) is 0 Å². The molecular formula is C26H21BrF5N3O2. The van der Waals surface area contributed by atoms with E-state index in [-0.39, 0.29) is 19.0 Å². The molecule has 0 radical (unpaired) electrons. The average molecular weight is 582 g/mol. The van der Waals surface area contributed by atoms with Crippen LogP contribution in [0.5, 0.6) is 5.75 Å². The van der Waals surface area contributed by atoms with Crippen molar-refractivity contribution in [3.8, 4) is 5.75 Å². The van der Waals surface area contributed by atoms with Gasteiger partial charge in [0.05, 0.1) is 7.11 Å². The van der Waals surface area contributed by atoms with Gasteiger partial charge in [-0.05, 0) is 48.5 Å². The first-order chi connectivity index (χ1) is 17.7. The van der Waals surface area contributed by atoms with Gasteiger partial charge >= 0.3 is 0 Å². The minimum Gasteiger partial charge on any atom is -0.496 e. The zero-order valence-corrected chi connectivity index (χ0v) is 21.1. The van der Waals surface area contributed by atoms with Crippen LogP contribution in [0.25, 0.3) is 6.08 Å². The second-order valence-electron chi connectivity index (χ2n) is 8.15. The molecular weight excluding hydrogens is 561 g/mol. The van der Waals surface area contributed by atoms with Crippen LogP contribution in [0.15, 0.2) is 53.0 Å². The van der Waals surface area contributed by atoms with Crippen LogP contribution in [-0.2, 0) is 4.79 Å². The maximum Gasteiger partial charge on any atom is 0.248 e. The number of hydrogen-bond donors (Lipinski definition) is 1. The van der Waals surface area contributed by atoms with E-state index in [4.69, 9.17) is 4.74 Å². The lowest BCUT2D eigenvalue weighted by atomic mass is 10.1. The predicted octanol–water partition coefficient (Wildman–Crippen LogP) is 6.13. The number of halogens is 6. The molecule has 0 atom stereocenters. The van der Waals surface area contributed by atoms with E-state index in [1.54, 1.807) is 43.5 Å². The highest BCUT2D eigenvalue weighted by Crippen LogP contribution is 2.31. The quantitative estimate of drug-likeness (QED) is 0.165. The fraction of sp³-hybridized carbons (Fsp3) is 0.192. The summed E-state index contributed by atoms with van der Waals surface area (Å²) < 4.78 is 74.9. The first-order valence-corrected chi connectivity index (χ1v) is 11.9. The van der Waals surface area contributed by atoms with Gasteiger partial charge in [0.15, 0.2) is 23.3 Å². The molecule has 1 aliphatic heterocycles. The summed E-state index contributed by atoms with van der Waals surface area (Å²) in [7, 11) is 1.54. The summed E-state index contributed by atoms with van der Waals surface area (Å²) in [6.45, 7) is 0.701. The number of piperazine rings is 1. The zero-order valence-electron chi connectivity index (χ0n) is 19.5. The first kappa shape index (κ1) is 26.5. The van der Waals surface area contributed by atoms with E-state index in [2.05, 4.69) is 21.2 Å². The van der Waals surface area contributed by atoms with E-state index >= 15 is 0 Å². The van der Waals surface area contributed by atoms with Crippen molar-refractivity contribution in [3.63, 3.8) is 0 Å². The van der Waals surface area contributed by atoms with Gasteiger partial charge < -0.3 is 19.9 Å². The lowest BCUT2D eigenvalue weighted by Crippen LogP contribution is -2.47. The Hall–Kier alpha value is -3.60. The molecule has 194 valence electrons. The number of amides is 1. The van der Waals surface area contributed by atoms with Crippen molar-refractivity contribution < 1.29 is 31.5 Å². The van der Waals surface area contributed by atoms with Crippen molar-refractivity contribution in [2.24, 2.45) is 0 Å². The van der Waals surface area contributed by atoms with Crippen LogP contribution in [0, 0.1) is 29.1 Å². The molecule has 0 bridgehead atoms. The summed E-state index contributed by atoms with van der Waals surface area (Å²) in [5.74, 6) is -9.48. The Kier molecular flexibility index (Phi) is 8.01. The van der Waals surface area contributed by atoms with Gasteiger partial charge in [-0.15, -0.1) is 0 Å². The normalized spacial score (nSPS) is 13.8. The Labute approximate surface area is 218 Å². The minimum atomic E-state index is -2.17. The second kappa shape index (κ2) is 11.2. The van der Waals surface area contributed by atoms with Crippen molar-refractivity contribution in [3.05, 3.63) is 87.7 Å². The van der Waals surface area contributed by atoms with Gasteiger partial charge in [-0.25, -0.2) is 22.0 Å². The van der Waals surface area contributed by atoms with Gasteiger partial charge in [0.1, 0.15) is 11.4 Å². The average Bonchev–Trinajstić information content (AvgIpc) is 2.91. The smallest absolute Gasteiger partial charge is 0.248 e. The number of benzene rings is 3. The lowest BCUT2D eigenvalue weighted by molar-refractivity contribution is -0.111. The van der Waals surface area contributed by atoms with E-state index in [1.807, 2.05) is 17.0 Å². The number of nitrogens with one attached hydrogen (secondary N) is 1. The maximum absolute atomic E-state index is 14.1. The summed E-state index contributed by atoms with van der Waals surface area (Å²) in [4.78, 5) is 15.4. The molecule has 3 aromatic rings. The molecule has 11 heteroatoms. The lowest BCUT2D eigenvalue weighted by Gasteiger charge is -2.37. The summed E-state index contributed by atoms with van der Waals surface area (Å²) >= 11 is 3.38. The number of anilines is 3. The minimum absolute atomic E-state index is 0.0562. The second-order valence-corrected chi connectivity index (χ2v) is 9.06. The number of carbonyl (C=O) groups is 1. The molecule has 0 saturated carbocycles. The van der Waals surface area contributed by atoms with Crippen LogP contribution >= 0.6 is 15.9 Å². The zero-order chi connectivity index (χ0) is 26.7. The van der Waals surface area contributed by atoms with Crippen LogP contribution < -0.4 is 19.9 Å². The van der Waals surface area contributed by atoms with Crippen LogP contribution in [0.4, 0.5) is 39.0 Å². The van der Waals surface area contributed by atoms with E-state index in [0.29, 0.717) is 24.5 Å². The first-order valence-electron chi connectivity index (χ1n) is 11.1. The van der Waals surface area contributed by atoms with Crippen molar-refractivity contribution in [2.75, 3.05) is 48.4 Å². The third kappa shape index (κ3) is 5.71. The Bertz CT molecular complexity index is 1310. The number of hydrogen-bond acceptors (Lipinski definition) is 4. The van der Waals surface area contributed by atoms with Crippen molar-refractivity contribution >= 4 is 45.0 Å². The van der Waals surface area contributed by atoms with Gasteiger partial charge in [0.25, 0.3) is 0 Å². The molecule has 37 heavy (non-hydrogen) atoms. The Morgan fingerprint density at radius 1 is 0.865 bits per heavy atom. The van der Waals surface area contributed by atoms with Crippen molar-refractivity contribution in [1.29, 1.82) is 0 Å². The molecule has 3 aromatic carbocycles. The van der Waals surface area contributed by atoms with Crippen molar-refractivity contribution in [1.82, 2.24) is 0 Å². The van der Waals surface area contributed by atoms with E-state index in [0.717, 1.165) is 20.6 Å².